The van der Waals surface area contributed by atoms with Crippen LogP contribution in [0.3, 0.4) is 0 Å². The van der Waals surface area contributed by atoms with Crippen LogP contribution in [0.15, 0.2) is 30.5 Å². The van der Waals surface area contributed by atoms with E-state index in [1.807, 2.05) is 6.92 Å². The molecule has 1 unspecified atom stereocenters. The third-order valence-electron chi connectivity index (χ3n) is 2.83. The van der Waals surface area contributed by atoms with Crippen LogP contribution in [0, 0.1) is 0 Å². The minimum Gasteiger partial charge on any atom is -0.381 e. The van der Waals surface area contributed by atoms with E-state index in [1.165, 1.54) is 12.3 Å². The molecule has 19 heavy (non-hydrogen) atoms. The lowest BCUT2D eigenvalue weighted by Gasteiger charge is -2.15. The van der Waals surface area contributed by atoms with Crippen molar-refractivity contribution in [2.75, 3.05) is 11.9 Å². The summed E-state index contributed by atoms with van der Waals surface area (Å²) in [6, 6.07) is 5.29. The van der Waals surface area contributed by atoms with Gasteiger partial charge in [0.05, 0.1) is 11.1 Å². The second-order valence-electron chi connectivity index (χ2n) is 4.37. The zero-order valence-corrected chi connectivity index (χ0v) is 10.3. The maximum atomic E-state index is 12.6. The molecule has 1 aromatic carbocycles. The average molecular weight is 269 g/mol. The fraction of sp³-hybridized carbons (Fsp3) is 0.308. The highest BCUT2D eigenvalue weighted by atomic mass is 19.4. The summed E-state index contributed by atoms with van der Waals surface area (Å²) in [4.78, 5) is 3.98. The fourth-order valence-corrected chi connectivity index (χ4v) is 1.77. The normalized spacial score (nSPS) is 13.5. The van der Waals surface area contributed by atoms with Crippen LogP contribution < -0.4 is 11.1 Å². The molecule has 0 aliphatic rings. The number of alkyl halides is 3. The van der Waals surface area contributed by atoms with Crippen LogP contribution in [0.2, 0.25) is 0 Å². The first-order chi connectivity index (χ1) is 8.91. The highest BCUT2D eigenvalue weighted by Gasteiger charge is 2.30. The minimum atomic E-state index is -4.36. The number of anilines is 1. The Kier molecular flexibility index (Phi) is 3.61. The van der Waals surface area contributed by atoms with E-state index < -0.39 is 11.7 Å². The summed E-state index contributed by atoms with van der Waals surface area (Å²) < 4.78 is 37.9. The maximum absolute atomic E-state index is 12.6. The largest absolute Gasteiger partial charge is 0.416 e. The molecule has 0 spiro atoms. The molecule has 0 fully saturated rings. The van der Waals surface area contributed by atoms with Gasteiger partial charge in [-0.1, -0.05) is 6.07 Å². The summed E-state index contributed by atoms with van der Waals surface area (Å²) in [6.45, 7) is 2.33. The summed E-state index contributed by atoms with van der Waals surface area (Å²) in [7, 11) is 0. The lowest BCUT2D eigenvalue weighted by molar-refractivity contribution is -0.137. The van der Waals surface area contributed by atoms with E-state index in [-0.39, 0.29) is 6.04 Å². The van der Waals surface area contributed by atoms with Crippen LogP contribution in [-0.4, -0.2) is 17.6 Å². The maximum Gasteiger partial charge on any atom is 0.416 e. The molecule has 102 valence electrons. The van der Waals surface area contributed by atoms with Crippen LogP contribution in [-0.2, 0) is 6.18 Å². The molecule has 3 nitrogen and oxygen atoms in total. The van der Waals surface area contributed by atoms with Crippen molar-refractivity contribution in [3.8, 4) is 0 Å². The monoisotopic (exact) mass is 269 g/mol. The van der Waals surface area contributed by atoms with Gasteiger partial charge in [-0.25, -0.2) is 0 Å². The number of benzene rings is 1. The van der Waals surface area contributed by atoms with Crippen molar-refractivity contribution in [3.05, 3.63) is 36.0 Å². The van der Waals surface area contributed by atoms with Gasteiger partial charge in [-0.3, -0.25) is 4.98 Å². The first-order valence-electron chi connectivity index (χ1n) is 5.84. The van der Waals surface area contributed by atoms with E-state index in [9.17, 15) is 13.2 Å². The number of hydrogen-bond acceptors (Lipinski definition) is 3. The molecule has 0 aliphatic carbocycles. The van der Waals surface area contributed by atoms with Gasteiger partial charge >= 0.3 is 6.18 Å². The van der Waals surface area contributed by atoms with Gasteiger partial charge < -0.3 is 11.1 Å². The number of nitrogens with zero attached hydrogens (tertiary/aromatic N) is 1. The molecule has 2 aromatic rings. The van der Waals surface area contributed by atoms with Gasteiger partial charge in [0.15, 0.2) is 0 Å². The molecule has 1 aromatic heterocycles. The topological polar surface area (TPSA) is 50.9 Å². The molecule has 6 heteroatoms. The number of pyridine rings is 1. The second-order valence-corrected chi connectivity index (χ2v) is 4.37. The van der Waals surface area contributed by atoms with Crippen LogP contribution in [0.25, 0.3) is 10.9 Å². The number of fused-ring (bicyclic) bond motifs is 1. The van der Waals surface area contributed by atoms with Gasteiger partial charge in [-0.05, 0) is 25.1 Å². The lowest BCUT2D eigenvalue weighted by atomic mass is 10.1. The molecule has 1 atom stereocenters. The highest BCUT2D eigenvalue weighted by Crippen LogP contribution is 2.32. The first kappa shape index (κ1) is 13.6. The predicted molar refractivity (Wildman–Crippen MR) is 68.9 cm³/mol. The van der Waals surface area contributed by atoms with Crippen molar-refractivity contribution in [2.24, 2.45) is 5.73 Å². The summed E-state index contributed by atoms with van der Waals surface area (Å²) >= 11 is 0. The van der Waals surface area contributed by atoms with Gasteiger partial charge in [0, 0.05) is 29.9 Å². The summed E-state index contributed by atoms with van der Waals surface area (Å²) in [5.74, 6) is 0. The standard InChI is InChI=1S/C13H14F3N3/c1-8(7-17)19-11-4-5-18-12-6-9(13(14,15)16)2-3-10(11)12/h2-6,8H,7,17H2,1H3,(H,18,19). The van der Waals surface area contributed by atoms with E-state index in [2.05, 4.69) is 10.3 Å². The number of aromatic nitrogens is 1. The van der Waals surface area contributed by atoms with Gasteiger partial charge in [-0.2, -0.15) is 13.2 Å². The Labute approximate surface area is 108 Å². The molecular formula is C13H14F3N3. The van der Waals surface area contributed by atoms with Crippen molar-refractivity contribution in [3.63, 3.8) is 0 Å². The molecule has 0 bridgehead atoms. The van der Waals surface area contributed by atoms with Gasteiger partial charge in [-0.15, -0.1) is 0 Å². The third-order valence-corrected chi connectivity index (χ3v) is 2.83. The van der Waals surface area contributed by atoms with E-state index in [4.69, 9.17) is 5.73 Å². The summed E-state index contributed by atoms with van der Waals surface area (Å²) in [5, 5.41) is 3.80. The quantitative estimate of drug-likeness (QED) is 0.900. The zero-order valence-electron chi connectivity index (χ0n) is 10.3. The predicted octanol–water partition coefficient (Wildman–Crippen LogP) is 3.01. The Balaban J connectivity index is 2.47. The molecule has 3 N–H and O–H groups in total. The van der Waals surface area contributed by atoms with E-state index in [0.29, 0.717) is 17.4 Å². The van der Waals surface area contributed by atoms with Gasteiger partial charge in [0.2, 0.25) is 0 Å². The Morgan fingerprint density at radius 2 is 2.05 bits per heavy atom. The van der Waals surface area contributed by atoms with Crippen molar-refractivity contribution >= 4 is 16.6 Å². The molecular weight excluding hydrogens is 255 g/mol. The molecule has 0 amide bonds. The molecule has 1 heterocycles. The van der Waals surface area contributed by atoms with Crippen LogP contribution >= 0.6 is 0 Å². The van der Waals surface area contributed by atoms with Crippen molar-refractivity contribution in [2.45, 2.75) is 19.1 Å². The Morgan fingerprint density at radius 3 is 2.68 bits per heavy atom. The number of hydrogen-bond donors (Lipinski definition) is 2. The molecule has 0 saturated carbocycles. The number of halogens is 3. The van der Waals surface area contributed by atoms with Gasteiger partial charge in [0.25, 0.3) is 0 Å². The number of nitrogens with two attached hydrogens (primary N) is 1. The zero-order chi connectivity index (χ0) is 14.0. The smallest absolute Gasteiger partial charge is 0.381 e. The Morgan fingerprint density at radius 1 is 1.32 bits per heavy atom. The van der Waals surface area contributed by atoms with E-state index in [1.54, 1.807) is 6.07 Å². The van der Waals surface area contributed by atoms with Crippen molar-refractivity contribution in [1.82, 2.24) is 4.98 Å². The summed E-state index contributed by atoms with van der Waals surface area (Å²) in [5.41, 5.74) is 5.86. The summed E-state index contributed by atoms with van der Waals surface area (Å²) in [6.07, 6.45) is -2.88. The first-order valence-corrected chi connectivity index (χ1v) is 5.84. The third kappa shape index (κ3) is 2.96. The SMILES string of the molecule is CC(CN)Nc1ccnc2cc(C(F)(F)F)ccc12. The molecule has 2 rings (SSSR count). The highest BCUT2D eigenvalue weighted by molar-refractivity contribution is 5.91. The van der Waals surface area contributed by atoms with Crippen LogP contribution in [0.5, 0.6) is 0 Å². The van der Waals surface area contributed by atoms with E-state index >= 15 is 0 Å². The fourth-order valence-electron chi connectivity index (χ4n) is 1.77. The average Bonchev–Trinajstić information content (AvgIpc) is 2.37. The second kappa shape index (κ2) is 5.05. The van der Waals surface area contributed by atoms with Crippen molar-refractivity contribution in [1.29, 1.82) is 0 Å². The molecule has 0 saturated heterocycles. The van der Waals surface area contributed by atoms with Gasteiger partial charge in [0.1, 0.15) is 0 Å². The van der Waals surface area contributed by atoms with Crippen LogP contribution in [0.4, 0.5) is 18.9 Å². The molecule has 0 radical (unpaired) electrons. The van der Waals surface area contributed by atoms with Crippen LogP contribution in [0.1, 0.15) is 12.5 Å². The number of rotatable bonds is 3. The van der Waals surface area contributed by atoms with Crippen molar-refractivity contribution < 1.29 is 13.2 Å². The minimum absolute atomic E-state index is 0.0351. The Bertz CT molecular complexity index is 581. The number of nitrogens with one attached hydrogen (secondary N) is 1. The van der Waals surface area contributed by atoms with E-state index in [0.717, 1.165) is 17.8 Å². The molecule has 0 aliphatic heterocycles. The lowest BCUT2D eigenvalue weighted by Crippen LogP contribution is -2.25. The Hall–Kier alpha value is -1.82.